The average molecular weight is 319 g/mol. The summed E-state index contributed by atoms with van der Waals surface area (Å²) < 4.78 is 16.4. The first kappa shape index (κ1) is 12.4. The van der Waals surface area contributed by atoms with Gasteiger partial charge >= 0.3 is 0 Å². The van der Waals surface area contributed by atoms with E-state index >= 15 is 0 Å². The highest BCUT2D eigenvalue weighted by Crippen LogP contribution is 2.20. The van der Waals surface area contributed by atoms with Crippen molar-refractivity contribution in [2.45, 2.75) is 12.8 Å². The van der Waals surface area contributed by atoms with Crippen molar-refractivity contribution in [3.05, 3.63) is 70.5 Å². The number of aryl methyl sites for hydroxylation is 2. The Morgan fingerprint density at radius 2 is 1.84 bits per heavy atom. The topological polar surface area (TPSA) is 17.3 Å². The van der Waals surface area contributed by atoms with Crippen molar-refractivity contribution < 1.29 is 4.39 Å². The largest absolute Gasteiger partial charge is 0.303 e. The summed E-state index contributed by atoms with van der Waals surface area (Å²) in [5.74, 6) is 0.785. The molecule has 96 valence electrons. The Morgan fingerprint density at radius 3 is 2.68 bits per heavy atom. The standard InChI is InChI=1S/C15H12BrFN2/c16-15-13-7-3-4-10-19(13)14(18-15)9-8-11-5-1-2-6-12(11)17/h1-7,10H,8-9H2. The van der Waals surface area contributed by atoms with E-state index in [9.17, 15) is 4.39 Å². The van der Waals surface area contributed by atoms with E-state index in [1.807, 2.05) is 40.9 Å². The normalized spacial score (nSPS) is 11.1. The van der Waals surface area contributed by atoms with Gasteiger partial charge in [0.2, 0.25) is 0 Å². The van der Waals surface area contributed by atoms with E-state index in [1.54, 1.807) is 6.07 Å². The minimum absolute atomic E-state index is 0.151. The molecule has 3 rings (SSSR count). The van der Waals surface area contributed by atoms with Crippen LogP contribution in [0.5, 0.6) is 0 Å². The van der Waals surface area contributed by atoms with E-state index < -0.39 is 0 Å². The minimum Gasteiger partial charge on any atom is -0.303 e. The van der Waals surface area contributed by atoms with Gasteiger partial charge in [-0.25, -0.2) is 9.37 Å². The number of fused-ring (bicyclic) bond motifs is 1. The van der Waals surface area contributed by atoms with Crippen LogP contribution >= 0.6 is 15.9 Å². The highest BCUT2D eigenvalue weighted by atomic mass is 79.9. The lowest BCUT2D eigenvalue weighted by molar-refractivity contribution is 0.607. The second-order valence-corrected chi connectivity index (χ2v) is 5.12. The van der Waals surface area contributed by atoms with Crippen LogP contribution in [0.25, 0.3) is 5.52 Å². The Hall–Kier alpha value is -1.68. The van der Waals surface area contributed by atoms with Gasteiger partial charge in [0.05, 0.1) is 5.52 Å². The van der Waals surface area contributed by atoms with Gasteiger partial charge in [0.15, 0.2) is 0 Å². The molecule has 0 radical (unpaired) electrons. The van der Waals surface area contributed by atoms with Gasteiger partial charge in [0.1, 0.15) is 16.2 Å². The smallest absolute Gasteiger partial charge is 0.132 e. The summed E-state index contributed by atoms with van der Waals surface area (Å²) in [6.45, 7) is 0. The molecular formula is C15H12BrFN2. The van der Waals surface area contributed by atoms with Crippen LogP contribution in [-0.2, 0) is 12.8 Å². The molecule has 0 bridgehead atoms. The number of hydrogen-bond acceptors (Lipinski definition) is 1. The fourth-order valence-corrected chi connectivity index (χ4v) is 2.71. The summed E-state index contributed by atoms with van der Waals surface area (Å²) in [7, 11) is 0. The molecule has 0 amide bonds. The van der Waals surface area contributed by atoms with E-state index in [4.69, 9.17) is 0 Å². The number of nitrogens with zero attached hydrogens (tertiary/aromatic N) is 2. The number of imidazole rings is 1. The highest BCUT2D eigenvalue weighted by Gasteiger charge is 2.09. The molecular weight excluding hydrogens is 307 g/mol. The van der Waals surface area contributed by atoms with E-state index in [1.165, 1.54) is 6.07 Å². The van der Waals surface area contributed by atoms with E-state index in [2.05, 4.69) is 20.9 Å². The van der Waals surface area contributed by atoms with Gasteiger partial charge in [0.25, 0.3) is 0 Å². The van der Waals surface area contributed by atoms with Gasteiger partial charge < -0.3 is 4.40 Å². The maximum atomic E-state index is 13.6. The SMILES string of the molecule is Fc1ccccc1CCc1nc(Br)c2ccccn12. The number of halogens is 2. The Bertz CT molecular complexity index is 721. The molecule has 0 saturated carbocycles. The van der Waals surface area contributed by atoms with Crippen LogP contribution in [-0.4, -0.2) is 9.38 Å². The number of benzene rings is 1. The van der Waals surface area contributed by atoms with Crippen LogP contribution in [0.4, 0.5) is 4.39 Å². The predicted molar refractivity (Wildman–Crippen MR) is 76.7 cm³/mol. The molecule has 0 aliphatic rings. The molecule has 0 fully saturated rings. The molecule has 3 aromatic rings. The molecule has 0 unspecified atom stereocenters. The molecule has 2 heterocycles. The molecule has 0 aliphatic carbocycles. The Morgan fingerprint density at radius 1 is 1.05 bits per heavy atom. The molecule has 2 nitrogen and oxygen atoms in total. The van der Waals surface area contributed by atoms with Crippen LogP contribution in [0.3, 0.4) is 0 Å². The average Bonchev–Trinajstić information content (AvgIpc) is 2.75. The van der Waals surface area contributed by atoms with Crippen LogP contribution in [0, 0.1) is 5.82 Å². The third-order valence-electron chi connectivity index (χ3n) is 3.15. The van der Waals surface area contributed by atoms with Gasteiger partial charge in [-0.3, -0.25) is 0 Å². The quantitative estimate of drug-likeness (QED) is 0.713. The maximum Gasteiger partial charge on any atom is 0.132 e. The molecule has 0 N–H and O–H groups in total. The second kappa shape index (κ2) is 5.13. The van der Waals surface area contributed by atoms with Crippen molar-refractivity contribution >= 4 is 21.4 Å². The molecule has 19 heavy (non-hydrogen) atoms. The Balaban J connectivity index is 1.88. The molecule has 0 saturated heterocycles. The summed E-state index contributed by atoms with van der Waals surface area (Å²) in [4.78, 5) is 4.49. The third-order valence-corrected chi connectivity index (χ3v) is 3.74. The Kier molecular flexibility index (Phi) is 3.34. The minimum atomic E-state index is -0.151. The number of aromatic nitrogens is 2. The van der Waals surface area contributed by atoms with Crippen LogP contribution in [0.2, 0.25) is 0 Å². The first-order chi connectivity index (χ1) is 9.25. The summed E-state index contributed by atoms with van der Waals surface area (Å²) in [6, 6.07) is 12.8. The van der Waals surface area contributed by atoms with Crippen LogP contribution < -0.4 is 0 Å². The molecule has 0 atom stereocenters. The summed E-state index contributed by atoms with van der Waals surface area (Å²) in [5.41, 5.74) is 1.76. The summed E-state index contributed by atoms with van der Waals surface area (Å²) in [6.07, 6.45) is 3.33. The summed E-state index contributed by atoms with van der Waals surface area (Å²) >= 11 is 3.45. The van der Waals surface area contributed by atoms with Crippen molar-refractivity contribution in [3.8, 4) is 0 Å². The zero-order valence-electron chi connectivity index (χ0n) is 10.2. The number of rotatable bonds is 3. The van der Waals surface area contributed by atoms with Crippen molar-refractivity contribution in [1.82, 2.24) is 9.38 Å². The lowest BCUT2D eigenvalue weighted by atomic mass is 10.1. The molecule has 1 aromatic carbocycles. The van der Waals surface area contributed by atoms with Crippen LogP contribution in [0.1, 0.15) is 11.4 Å². The first-order valence-electron chi connectivity index (χ1n) is 6.10. The lowest BCUT2D eigenvalue weighted by Crippen LogP contribution is -1.99. The Labute approximate surface area is 119 Å². The second-order valence-electron chi connectivity index (χ2n) is 4.37. The highest BCUT2D eigenvalue weighted by molar-refractivity contribution is 9.10. The molecule has 0 spiro atoms. The van der Waals surface area contributed by atoms with Gasteiger partial charge in [-0.15, -0.1) is 0 Å². The van der Waals surface area contributed by atoms with Crippen LogP contribution in [0.15, 0.2) is 53.3 Å². The van der Waals surface area contributed by atoms with Gasteiger partial charge in [-0.05, 0) is 46.1 Å². The van der Waals surface area contributed by atoms with Crippen molar-refractivity contribution in [3.63, 3.8) is 0 Å². The predicted octanol–water partition coefficient (Wildman–Crippen LogP) is 4.02. The summed E-state index contributed by atoms with van der Waals surface area (Å²) in [5, 5.41) is 0. The van der Waals surface area contributed by atoms with Gasteiger partial charge in [-0.2, -0.15) is 0 Å². The van der Waals surface area contributed by atoms with Gasteiger partial charge in [-0.1, -0.05) is 24.3 Å². The molecule has 4 heteroatoms. The first-order valence-corrected chi connectivity index (χ1v) is 6.90. The fourth-order valence-electron chi connectivity index (χ4n) is 2.18. The van der Waals surface area contributed by atoms with E-state index in [0.717, 1.165) is 21.5 Å². The molecule has 2 aromatic heterocycles. The monoisotopic (exact) mass is 318 g/mol. The third kappa shape index (κ3) is 2.40. The van der Waals surface area contributed by atoms with Gasteiger partial charge in [0, 0.05) is 12.6 Å². The van der Waals surface area contributed by atoms with Crippen molar-refractivity contribution in [1.29, 1.82) is 0 Å². The maximum absolute atomic E-state index is 13.6. The van der Waals surface area contributed by atoms with E-state index in [-0.39, 0.29) is 5.82 Å². The number of hydrogen-bond donors (Lipinski definition) is 0. The van der Waals surface area contributed by atoms with E-state index in [0.29, 0.717) is 12.8 Å². The van der Waals surface area contributed by atoms with Crippen molar-refractivity contribution in [2.24, 2.45) is 0 Å². The number of pyridine rings is 1. The zero-order chi connectivity index (χ0) is 13.2. The van der Waals surface area contributed by atoms with Crippen molar-refractivity contribution in [2.75, 3.05) is 0 Å². The fraction of sp³-hybridized carbons (Fsp3) is 0.133. The lowest BCUT2D eigenvalue weighted by Gasteiger charge is -2.03. The molecule has 0 aliphatic heterocycles. The zero-order valence-corrected chi connectivity index (χ0v) is 11.8.